The van der Waals surface area contributed by atoms with Gasteiger partial charge >= 0.3 is 0 Å². The first-order valence-electron chi connectivity index (χ1n) is 5.64. The molecule has 1 aromatic heterocycles. The maximum atomic E-state index is 4.64. The van der Waals surface area contributed by atoms with Gasteiger partial charge in [0.15, 0.2) is 0 Å². The minimum absolute atomic E-state index is 0.907. The van der Waals surface area contributed by atoms with Gasteiger partial charge in [-0.3, -0.25) is 0 Å². The molecule has 0 amide bonds. The van der Waals surface area contributed by atoms with E-state index in [0.717, 1.165) is 28.3 Å². The van der Waals surface area contributed by atoms with Gasteiger partial charge in [0.2, 0.25) is 0 Å². The zero-order chi connectivity index (χ0) is 12.3. The van der Waals surface area contributed by atoms with E-state index in [1.54, 1.807) is 11.3 Å². The van der Waals surface area contributed by atoms with Gasteiger partial charge in [-0.2, -0.15) is 0 Å². The molecule has 0 atom stereocenters. The van der Waals surface area contributed by atoms with E-state index >= 15 is 0 Å². The number of aryl methyl sites for hydroxylation is 1. The van der Waals surface area contributed by atoms with Crippen LogP contribution in [0.25, 0.3) is 10.6 Å². The van der Waals surface area contributed by atoms with Gasteiger partial charge in [-0.1, -0.05) is 41.1 Å². The number of thiazole rings is 1. The number of hydrogen-bond acceptors (Lipinski definition) is 3. The van der Waals surface area contributed by atoms with Crippen LogP contribution in [-0.4, -0.2) is 11.5 Å². The number of hydrogen-bond donors (Lipinski definition) is 1. The number of aromatic nitrogens is 1. The Morgan fingerprint density at radius 2 is 2.12 bits per heavy atom. The third kappa shape index (κ3) is 2.94. The second-order valence-corrected chi connectivity index (χ2v) is 5.73. The highest BCUT2D eigenvalue weighted by Crippen LogP contribution is 2.32. The molecule has 0 saturated carbocycles. The van der Waals surface area contributed by atoms with Crippen molar-refractivity contribution in [2.45, 2.75) is 20.4 Å². The molecule has 0 aliphatic carbocycles. The molecule has 1 aromatic carbocycles. The molecule has 90 valence electrons. The van der Waals surface area contributed by atoms with E-state index in [4.69, 9.17) is 0 Å². The number of rotatable bonds is 4. The summed E-state index contributed by atoms with van der Waals surface area (Å²) < 4.78 is 1.10. The molecule has 0 radical (unpaired) electrons. The molecule has 0 aliphatic rings. The van der Waals surface area contributed by atoms with Crippen LogP contribution in [0.5, 0.6) is 0 Å². The van der Waals surface area contributed by atoms with E-state index in [2.05, 4.69) is 52.2 Å². The van der Waals surface area contributed by atoms with E-state index in [0.29, 0.717) is 0 Å². The average molecular weight is 311 g/mol. The molecule has 0 spiro atoms. The highest BCUT2D eigenvalue weighted by Gasteiger charge is 2.10. The molecule has 2 nitrogen and oxygen atoms in total. The monoisotopic (exact) mass is 310 g/mol. The Labute approximate surface area is 114 Å². The molecule has 1 heterocycles. The van der Waals surface area contributed by atoms with E-state index in [1.165, 1.54) is 10.4 Å². The smallest absolute Gasteiger partial charge is 0.125 e. The van der Waals surface area contributed by atoms with Crippen LogP contribution < -0.4 is 5.32 Å². The molecule has 4 heteroatoms. The van der Waals surface area contributed by atoms with Crippen molar-refractivity contribution in [1.29, 1.82) is 0 Å². The second-order valence-electron chi connectivity index (χ2n) is 3.79. The molecule has 17 heavy (non-hydrogen) atoms. The van der Waals surface area contributed by atoms with Crippen molar-refractivity contribution in [2.24, 2.45) is 0 Å². The topological polar surface area (TPSA) is 24.9 Å². The van der Waals surface area contributed by atoms with E-state index < -0.39 is 0 Å². The molecule has 2 rings (SSSR count). The summed E-state index contributed by atoms with van der Waals surface area (Å²) in [6, 6.07) is 8.21. The van der Waals surface area contributed by atoms with Crippen molar-refractivity contribution in [2.75, 3.05) is 6.54 Å². The summed E-state index contributed by atoms with van der Waals surface area (Å²) in [5.74, 6) is 0. The predicted octanol–water partition coefficient (Wildman–Crippen LogP) is 3.99. The van der Waals surface area contributed by atoms with Crippen molar-refractivity contribution in [3.8, 4) is 10.6 Å². The number of halogens is 1. The Kier molecular flexibility index (Phi) is 4.31. The zero-order valence-electron chi connectivity index (χ0n) is 9.96. The fraction of sp³-hybridized carbons (Fsp3) is 0.308. The van der Waals surface area contributed by atoms with E-state index in [9.17, 15) is 0 Å². The van der Waals surface area contributed by atoms with Crippen LogP contribution in [0, 0.1) is 6.92 Å². The number of benzene rings is 1. The summed E-state index contributed by atoms with van der Waals surface area (Å²) >= 11 is 5.33. The van der Waals surface area contributed by atoms with Gasteiger partial charge in [-0.25, -0.2) is 4.98 Å². The minimum Gasteiger partial charge on any atom is -0.312 e. The summed E-state index contributed by atoms with van der Waals surface area (Å²) in [5.41, 5.74) is 2.30. The summed E-state index contributed by atoms with van der Waals surface area (Å²) in [6.45, 7) is 6.08. The average Bonchev–Trinajstić information content (AvgIpc) is 2.68. The normalized spacial score (nSPS) is 10.8. The molecule has 0 unspecified atom stereocenters. The quantitative estimate of drug-likeness (QED) is 0.923. The van der Waals surface area contributed by atoms with E-state index in [1.807, 2.05) is 12.1 Å². The molecule has 0 saturated heterocycles. The van der Waals surface area contributed by atoms with E-state index in [-0.39, 0.29) is 0 Å². The predicted molar refractivity (Wildman–Crippen MR) is 77.4 cm³/mol. The van der Waals surface area contributed by atoms with Crippen LogP contribution >= 0.6 is 27.3 Å². The van der Waals surface area contributed by atoms with Gasteiger partial charge < -0.3 is 5.32 Å². The Morgan fingerprint density at radius 1 is 1.35 bits per heavy atom. The number of nitrogens with zero attached hydrogens (tertiary/aromatic N) is 1. The van der Waals surface area contributed by atoms with Crippen LogP contribution in [0.3, 0.4) is 0 Å². The van der Waals surface area contributed by atoms with Gasteiger partial charge in [-0.05, 0) is 19.5 Å². The molecule has 2 aromatic rings. The first-order chi connectivity index (χ1) is 8.22. The minimum atomic E-state index is 0.907. The SMILES string of the molecule is CCNCc1sc(-c2ccccc2Br)nc1C. The fourth-order valence-electron chi connectivity index (χ4n) is 1.58. The van der Waals surface area contributed by atoms with Crippen molar-refractivity contribution < 1.29 is 0 Å². The van der Waals surface area contributed by atoms with Gasteiger partial charge in [0.05, 0.1) is 5.69 Å². The highest BCUT2D eigenvalue weighted by atomic mass is 79.9. The standard InChI is InChI=1S/C13H15BrN2S/c1-3-15-8-12-9(2)16-13(17-12)10-6-4-5-7-11(10)14/h4-7,15H,3,8H2,1-2H3. The highest BCUT2D eigenvalue weighted by molar-refractivity contribution is 9.10. The molecule has 1 N–H and O–H groups in total. The number of nitrogens with one attached hydrogen (secondary N) is 1. The fourth-order valence-corrected chi connectivity index (χ4v) is 3.26. The van der Waals surface area contributed by atoms with Gasteiger partial charge in [0.25, 0.3) is 0 Å². The van der Waals surface area contributed by atoms with Gasteiger partial charge in [-0.15, -0.1) is 11.3 Å². The third-order valence-electron chi connectivity index (χ3n) is 2.53. The lowest BCUT2D eigenvalue weighted by Gasteiger charge is -1.99. The Bertz CT molecular complexity index is 508. The molecule has 0 bridgehead atoms. The first-order valence-corrected chi connectivity index (χ1v) is 7.25. The van der Waals surface area contributed by atoms with Crippen molar-refractivity contribution in [3.05, 3.63) is 39.3 Å². The summed E-state index contributed by atoms with van der Waals surface area (Å²) in [5, 5.41) is 4.43. The molecular formula is C13H15BrN2S. The largest absolute Gasteiger partial charge is 0.312 e. The van der Waals surface area contributed by atoms with Crippen molar-refractivity contribution in [3.63, 3.8) is 0 Å². The van der Waals surface area contributed by atoms with Crippen LogP contribution in [0.2, 0.25) is 0 Å². The molecule has 0 aliphatic heterocycles. The zero-order valence-corrected chi connectivity index (χ0v) is 12.4. The van der Waals surface area contributed by atoms with Crippen molar-refractivity contribution in [1.82, 2.24) is 10.3 Å². The summed E-state index contributed by atoms with van der Waals surface area (Å²) in [7, 11) is 0. The second kappa shape index (κ2) is 5.76. The lowest BCUT2D eigenvalue weighted by Crippen LogP contribution is -2.11. The van der Waals surface area contributed by atoms with Gasteiger partial charge in [0, 0.05) is 21.5 Å². The van der Waals surface area contributed by atoms with Crippen LogP contribution in [-0.2, 0) is 6.54 Å². The Balaban J connectivity index is 2.31. The van der Waals surface area contributed by atoms with Gasteiger partial charge in [0.1, 0.15) is 5.01 Å². The Morgan fingerprint density at radius 3 is 2.82 bits per heavy atom. The summed E-state index contributed by atoms with van der Waals surface area (Å²) in [4.78, 5) is 5.96. The lowest BCUT2D eigenvalue weighted by atomic mass is 10.2. The van der Waals surface area contributed by atoms with Crippen LogP contribution in [0.15, 0.2) is 28.7 Å². The third-order valence-corrected chi connectivity index (χ3v) is 4.41. The first kappa shape index (κ1) is 12.7. The maximum absolute atomic E-state index is 4.64. The van der Waals surface area contributed by atoms with Crippen LogP contribution in [0.4, 0.5) is 0 Å². The lowest BCUT2D eigenvalue weighted by molar-refractivity contribution is 0.731. The van der Waals surface area contributed by atoms with Crippen molar-refractivity contribution >= 4 is 27.3 Å². The maximum Gasteiger partial charge on any atom is 0.125 e. The summed E-state index contributed by atoms with van der Waals surface area (Å²) in [6.07, 6.45) is 0. The van der Waals surface area contributed by atoms with Crippen LogP contribution in [0.1, 0.15) is 17.5 Å². The molecule has 0 fully saturated rings. The Hall–Kier alpha value is -0.710. The molecular weight excluding hydrogens is 296 g/mol.